The molecule has 0 aliphatic carbocycles. The van der Waals surface area contributed by atoms with Gasteiger partial charge in [-0.25, -0.2) is 4.79 Å². The number of hydrogen-bond acceptors (Lipinski definition) is 3. The number of halogens is 3. The summed E-state index contributed by atoms with van der Waals surface area (Å²) in [4.78, 5) is 10.1. The van der Waals surface area contributed by atoms with Gasteiger partial charge in [-0.1, -0.05) is 11.6 Å². The topological polar surface area (TPSA) is 35.5 Å². The fraction of sp³-hybridized carbons (Fsp3) is 0.750. The zero-order valence-corrected chi connectivity index (χ0v) is 5.82. The number of esters is 1. The van der Waals surface area contributed by atoms with Crippen LogP contribution in [-0.4, -0.2) is 25.3 Å². The molecule has 0 fully saturated rings. The van der Waals surface area contributed by atoms with Crippen molar-refractivity contribution in [2.75, 3.05) is 13.2 Å². The summed E-state index contributed by atoms with van der Waals surface area (Å²) in [6.07, 6.45) is -3.93. The summed E-state index contributed by atoms with van der Waals surface area (Å²) in [5.41, 5.74) is 0. The van der Waals surface area contributed by atoms with Crippen LogP contribution >= 0.6 is 11.6 Å². The molecular weight excluding hydrogens is 169 g/mol. The van der Waals surface area contributed by atoms with Crippen molar-refractivity contribution in [1.29, 1.82) is 0 Å². The fourth-order valence-electron chi connectivity index (χ4n) is 0.246. The molecule has 0 rings (SSSR count). The van der Waals surface area contributed by atoms with E-state index in [4.69, 9.17) is 11.6 Å². The smallest absolute Gasteiger partial charge is 0.457 e. The lowest BCUT2D eigenvalue weighted by molar-refractivity contribution is -0.241. The molecule has 0 saturated heterocycles. The highest BCUT2D eigenvalue weighted by Crippen LogP contribution is 2.16. The third-order valence-electron chi connectivity index (χ3n) is 0.659. The summed E-state index contributed by atoms with van der Waals surface area (Å²) >= 11 is 4.78. The highest BCUT2D eigenvalue weighted by Gasteiger charge is 2.41. The highest BCUT2D eigenvalue weighted by molar-refractivity contribution is 6.17. The molecule has 0 saturated carbocycles. The van der Waals surface area contributed by atoms with E-state index in [-0.39, 0.29) is 0 Å². The van der Waals surface area contributed by atoms with Crippen LogP contribution < -0.4 is 0 Å². The molecule has 0 aliphatic heterocycles. The van der Waals surface area contributed by atoms with Crippen LogP contribution in [0.3, 0.4) is 0 Å². The molecule has 0 spiro atoms. The van der Waals surface area contributed by atoms with E-state index in [1.165, 1.54) is 0 Å². The SMILES string of the molecule is COC(=O)C(F)(F)OCCl. The summed E-state index contributed by atoms with van der Waals surface area (Å²) in [5.74, 6) is -1.76. The van der Waals surface area contributed by atoms with E-state index in [2.05, 4.69) is 9.47 Å². The molecular formula is C4H5ClF2O3. The van der Waals surface area contributed by atoms with Crippen molar-refractivity contribution in [2.45, 2.75) is 6.11 Å². The first-order chi connectivity index (χ1) is 4.54. The molecule has 3 nitrogen and oxygen atoms in total. The van der Waals surface area contributed by atoms with Crippen molar-refractivity contribution in [3.63, 3.8) is 0 Å². The highest BCUT2D eigenvalue weighted by atomic mass is 35.5. The quantitative estimate of drug-likeness (QED) is 0.472. The minimum absolute atomic E-state index is 0.762. The van der Waals surface area contributed by atoms with Crippen LogP contribution in [0.4, 0.5) is 8.78 Å². The monoisotopic (exact) mass is 174 g/mol. The third kappa shape index (κ3) is 2.45. The van der Waals surface area contributed by atoms with Crippen molar-refractivity contribution in [1.82, 2.24) is 0 Å². The number of rotatable bonds is 3. The van der Waals surface area contributed by atoms with Crippen molar-refractivity contribution < 1.29 is 23.0 Å². The molecule has 0 atom stereocenters. The van der Waals surface area contributed by atoms with Gasteiger partial charge in [-0.3, -0.25) is 4.74 Å². The van der Waals surface area contributed by atoms with E-state index in [0.717, 1.165) is 7.11 Å². The molecule has 60 valence electrons. The maximum Gasteiger partial charge on any atom is 0.457 e. The summed E-state index contributed by atoms with van der Waals surface area (Å²) in [7, 11) is 0.827. The number of ether oxygens (including phenoxy) is 2. The summed E-state index contributed by atoms with van der Waals surface area (Å²) in [5, 5.41) is 0. The van der Waals surface area contributed by atoms with Crippen molar-refractivity contribution in [3.05, 3.63) is 0 Å². The van der Waals surface area contributed by atoms with Crippen LogP contribution in [0.25, 0.3) is 0 Å². The Morgan fingerprint density at radius 1 is 1.70 bits per heavy atom. The predicted octanol–water partition coefficient (Wildman–Crippen LogP) is 0.965. The molecule has 0 heterocycles. The zero-order chi connectivity index (χ0) is 8.20. The number of hydrogen-bond donors (Lipinski definition) is 0. The van der Waals surface area contributed by atoms with E-state index in [1.807, 2.05) is 0 Å². The molecule has 0 aromatic heterocycles. The van der Waals surface area contributed by atoms with Gasteiger partial charge in [0.05, 0.1) is 7.11 Å². The second-order valence-corrected chi connectivity index (χ2v) is 1.48. The second kappa shape index (κ2) is 3.68. The minimum Gasteiger partial charge on any atom is -0.463 e. The molecule has 0 aromatic rings. The number of carbonyl (C=O) groups excluding carboxylic acids is 1. The molecule has 0 bridgehead atoms. The van der Waals surface area contributed by atoms with E-state index in [0.29, 0.717) is 0 Å². The van der Waals surface area contributed by atoms with Crippen LogP contribution in [0.5, 0.6) is 0 Å². The van der Waals surface area contributed by atoms with Crippen LogP contribution in [-0.2, 0) is 14.3 Å². The van der Waals surface area contributed by atoms with E-state index in [1.54, 1.807) is 0 Å². The van der Waals surface area contributed by atoms with Crippen LogP contribution in [0.2, 0.25) is 0 Å². The third-order valence-corrected chi connectivity index (χ3v) is 0.768. The van der Waals surface area contributed by atoms with Gasteiger partial charge in [-0.15, -0.1) is 0 Å². The molecule has 0 radical (unpaired) electrons. The Morgan fingerprint density at radius 3 is 2.50 bits per heavy atom. The minimum atomic E-state index is -3.93. The van der Waals surface area contributed by atoms with Crippen LogP contribution in [0.1, 0.15) is 0 Å². The van der Waals surface area contributed by atoms with Gasteiger partial charge in [0.2, 0.25) is 0 Å². The molecule has 0 aliphatic rings. The van der Waals surface area contributed by atoms with Gasteiger partial charge in [-0.2, -0.15) is 8.78 Å². The molecule has 10 heavy (non-hydrogen) atoms. The normalized spacial score (nSPS) is 11.2. The average Bonchev–Trinajstić information content (AvgIpc) is 1.86. The first-order valence-electron chi connectivity index (χ1n) is 2.20. The van der Waals surface area contributed by atoms with Gasteiger partial charge < -0.3 is 4.74 Å². The Bertz CT molecular complexity index is 128. The molecule has 0 amide bonds. The van der Waals surface area contributed by atoms with E-state index in [9.17, 15) is 13.6 Å². The van der Waals surface area contributed by atoms with Gasteiger partial charge in [0.25, 0.3) is 0 Å². The van der Waals surface area contributed by atoms with Gasteiger partial charge in [0.1, 0.15) is 6.07 Å². The van der Waals surface area contributed by atoms with Crippen molar-refractivity contribution >= 4 is 17.6 Å². The van der Waals surface area contributed by atoms with E-state index < -0.39 is 18.1 Å². The lowest BCUT2D eigenvalue weighted by atomic mass is 10.6. The van der Waals surface area contributed by atoms with Crippen LogP contribution in [0, 0.1) is 0 Å². The Labute approximate surface area is 60.9 Å². The lowest BCUT2D eigenvalue weighted by Crippen LogP contribution is -2.32. The van der Waals surface area contributed by atoms with Gasteiger partial charge >= 0.3 is 12.1 Å². The molecule has 0 unspecified atom stereocenters. The number of alkyl halides is 3. The fourth-order valence-corrected chi connectivity index (χ4v) is 0.383. The van der Waals surface area contributed by atoms with Gasteiger partial charge in [-0.05, 0) is 0 Å². The lowest BCUT2D eigenvalue weighted by Gasteiger charge is -2.10. The summed E-state index contributed by atoms with van der Waals surface area (Å²) in [6.45, 7) is 0. The Kier molecular flexibility index (Phi) is 3.52. The van der Waals surface area contributed by atoms with E-state index >= 15 is 0 Å². The van der Waals surface area contributed by atoms with Crippen molar-refractivity contribution in [3.8, 4) is 0 Å². The number of carbonyl (C=O) groups is 1. The molecule has 0 N–H and O–H groups in total. The molecule has 6 heteroatoms. The first-order valence-corrected chi connectivity index (χ1v) is 2.74. The Morgan fingerprint density at radius 2 is 2.20 bits per heavy atom. The van der Waals surface area contributed by atoms with Crippen LogP contribution in [0.15, 0.2) is 0 Å². The first kappa shape index (κ1) is 9.58. The zero-order valence-electron chi connectivity index (χ0n) is 5.07. The predicted molar refractivity (Wildman–Crippen MR) is 28.8 cm³/mol. The summed E-state index contributed by atoms with van der Waals surface area (Å²) in [6, 6.07) is -0.762. The van der Waals surface area contributed by atoms with Crippen molar-refractivity contribution in [2.24, 2.45) is 0 Å². The Hall–Kier alpha value is -0.420. The van der Waals surface area contributed by atoms with Gasteiger partial charge in [0, 0.05) is 0 Å². The standard InChI is InChI=1S/C4H5ClF2O3/c1-9-3(8)4(6,7)10-2-5/h2H2,1H3. The second-order valence-electron chi connectivity index (χ2n) is 1.26. The Balaban J connectivity index is 3.96. The average molecular weight is 175 g/mol. The van der Waals surface area contributed by atoms with Gasteiger partial charge in [0.15, 0.2) is 0 Å². The molecule has 0 aromatic carbocycles. The number of methoxy groups -OCH3 is 1. The largest absolute Gasteiger partial charge is 0.463 e. The maximum absolute atomic E-state index is 12.0. The summed E-state index contributed by atoms with van der Waals surface area (Å²) < 4.78 is 31.3. The maximum atomic E-state index is 12.0.